The molecule has 0 aliphatic heterocycles. The number of nitrogens with one attached hydrogen (secondary N) is 1. The maximum Gasteiger partial charge on any atom is 0.255 e. The lowest BCUT2D eigenvalue weighted by Gasteiger charge is -2.14. The summed E-state index contributed by atoms with van der Waals surface area (Å²) < 4.78 is 7.53. The minimum atomic E-state index is -0.233. The molecule has 0 aliphatic rings. The van der Waals surface area contributed by atoms with Crippen LogP contribution in [-0.4, -0.2) is 31.1 Å². The van der Waals surface area contributed by atoms with Crippen molar-refractivity contribution in [1.82, 2.24) is 25.2 Å². The lowest BCUT2D eigenvalue weighted by molar-refractivity contribution is 0.102. The fraction of sp³-hybridized carbons (Fsp3) is 0.0952. The maximum absolute atomic E-state index is 12.4. The zero-order chi connectivity index (χ0) is 20.1. The number of carbonyl (C=O) groups excluding carboxylic acids is 1. The average Bonchev–Trinajstić information content (AvgIpc) is 3.29. The van der Waals surface area contributed by atoms with Crippen molar-refractivity contribution >= 4 is 11.6 Å². The Morgan fingerprint density at radius 1 is 1.10 bits per heavy atom. The molecule has 4 aromatic rings. The monoisotopic (exact) mass is 386 g/mol. The molecule has 8 nitrogen and oxygen atoms in total. The van der Waals surface area contributed by atoms with Gasteiger partial charge in [0.1, 0.15) is 24.4 Å². The predicted octanol–water partition coefficient (Wildman–Crippen LogP) is 3.20. The van der Waals surface area contributed by atoms with Gasteiger partial charge in [0.15, 0.2) is 0 Å². The van der Waals surface area contributed by atoms with E-state index < -0.39 is 0 Å². The second kappa shape index (κ2) is 8.30. The highest BCUT2D eigenvalue weighted by molar-refractivity contribution is 6.04. The summed E-state index contributed by atoms with van der Waals surface area (Å²) in [6.07, 6.45) is 4.62. The minimum absolute atomic E-state index is 0.233. The van der Waals surface area contributed by atoms with Crippen molar-refractivity contribution in [1.29, 1.82) is 0 Å². The van der Waals surface area contributed by atoms with E-state index in [2.05, 4.69) is 25.8 Å². The van der Waals surface area contributed by atoms with Gasteiger partial charge in [-0.3, -0.25) is 9.78 Å². The van der Waals surface area contributed by atoms with Crippen LogP contribution in [0.15, 0.2) is 73.3 Å². The number of nitrogens with zero attached hydrogens (tertiary/aromatic N) is 5. The number of amides is 1. The van der Waals surface area contributed by atoms with Crippen molar-refractivity contribution in [3.8, 4) is 11.4 Å². The van der Waals surface area contributed by atoms with Gasteiger partial charge in [-0.25, -0.2) is 0 Å². The molecule has 144 valence electrons. The second-order valence-electron chi connectivity index (χ2n) is 6.34. The third-order valence-electron chi connectivity index (χ3n) is 4.40. The van der Waals surface area contributed by atoms with Crippen LogP contribution in [0.4, 0.5) is 5.69 Å². The van der Waals surface area contributed by atoms with Crippen molar-refractivity contribution < 1.29 is 9.53 Å². The van der Waals surface area contributed by atoms with Gasteiger partial charge in [-0.05, 0) is 58.8 Å². The molecule has 8 heteroatoms. The highest BCUT2D eigenvalue weighted by atomic mass is 16.5. The number of aryl methyl sites for hydroxylation is 1. The molecule has 0 unspecified atom stereocenters. The summed E-state index contributed by atoms with van der Waals surface area (Å²) >= 11 is 0. The van der Waals surface area contributed by atoms with Crippen LogP contribution >= 0.6 is 0 Å². The lowest BCUT2D eigenvalue weighted by Crippen LogP contribution is -2.12. The van der Waals surface area contributed by atoms with Crippen LogP contribution in [0, 0.1) is 6.92 Å². The van der Waals surface area contributed by atoms with Gasteiger partial charge in [-0.15, -0.1) is 5.10 Å². The molecule has 0 saturated carbocycles. The fourth-order valence-corrected chi connectivity index (χ4v) is 2.80. The zero-order valence-corrected chi connectivity index (χ0v) is 15.7. The molecule has 0 radical (unpaired) electrons. The van der Waals surface area contributed by atoms with E-state index in [1.807, 2.05) is 31.2 Å². The Labute approximate surface area is 167 Å². The first-order chi connectivity index (χ1) is 14.2. The third-order valence-corrected chi connectivity index (χ3v) is 4.40. The second-order valence-corrected chi connectivity index (χ2v) is 6.34. The molecule has 2 aromatic carbocycles. The van der Waals surface area contributed by atoms with Gasteiger partial charge >= 0.3 is 0 Å². The van der Waals surface area contributed by atoms with Gasteiger partial charge in [0.05, 0.1) is 0 Å². The van der Waals surface area contributed by atoms with Gasteiger partial charge in [-0.2, -0.15) is 4.68 Å². The number of rotatable bonds is 6. The molecule has 2 aromatic heterocycles. The number of hydrogen-bond donors (Lipinski definition) is 1. The lowest BCUT2D eigenvalue weighted by atomic mass is 10.1. The average molecular weight is 386 g/mol. The first kappa shape index (κ1) is 18.3. The number of tetrazole rings is 1. The fourth-order valence-electron chi connectivity index (χ4n) is 2.80. The molecule has 0 bridgehead atoms. The Bertz CT molecular complexity index is 1110. The minimum Gasteiger partial charge on any atom is -0.487 e. The quantitative estimate of drug-likeness (QED) is 0.547. The van der Waals surface area contributed by atoms with Crippen LogP contribution in [0.3, 0.4) is 0 Å². The van der Waals surface area contributed by atoms with E-state index in [4.69, 9.17) is 4.74 Å². The maximum atomic E-state index is 12.4. The van der Waals surface area contributed by atoms with Crippen LogP contribution in [0.5, 0.6) is 5.75 Å². The van der Waals surface area contributed by atoms with Crippen LogP contribution < -0.4 is 10.1 Å². The van der Waals surface area contributed by atoms with E-state index in [1.54, 1.807) is 42.7 Å². The molecular weight excluding hydrogens is 368 g/mol. The van der Waals surface area contributed by atoms with Crippen molar-refractivity contribution in [2.24, 2.45) is 0 Å². The van der Waals surface area contributed by atoms with Crippen LogP contribution in [0.1, 0.15) is 21.5 Å². The molecule has 0 atom stereocenters. The molecule has 4 rings (SSSR count). The molecule has 0 saturated heterocycles. The molecule has 0 aliphatic carbocycles. The normalized spacial score (nSPS) is 10.5. The van der Waals surface area contributed by atoms with Crippen molar-refractivity contribution in [3.63, 3.8) is 0 Å². The van der Waals surface area contributed by atoms with E-state index in [1.165, 1.54) is 11.0 Å². The van der Waals surface area contributed by atoms with Gasteiger partial charge in [0, 0.05) is 23.6 Å². The first-order valence-electron chi connectivity index (χ1n) is 8.97. The SMILES string of the molecule is Cc1ccccc1COc1ccc(NC(=O)c2ccncc2)cc1-n1cnnn1. The largest absolute Gasteiger partial charge is 0.487 e. The number of anilines is 1. The van der Waals surface area contributed by atoms with Gasteiger partial charge < -0.3 is 10.1 Å². The highest BCUT2D eigenvalue weighted by Crippen LogP contribution is 2.27. The summed E-state index contributed by atoms with van der Waals surface area (Å²) in [5.74, 6) is 0.367. The number of hydrogen-bond acceptors (Lipinski definition) is 6. The van der Waals surface area contributed by atoms with E-state index in [-0.39, 0.29) is 5.91 Å². The molecule has 1 N–H and O–H groups in total. The van der Waals surface area contributed by atoms with Crippen molar-refractivity contribution in [2.75, 3.05) is 5.32 Å². The predicted molar refractivity (Wildman–Crippen MR) is 107 cm³/mol. The highest BCUT2D eigenvalue weighted by Gasteiger charge is 2.12. The molecular formula is C21H18N6O2. The zero-order valence-electron chi connectivity index (χ0n) is 15.7. The Kier molecular flexibility index (Phi) is 5.24. The van der Waals surface area contributed by atoms with E-state index in [9.17, 15) is 4.79 Å². The van der Waals surface area contributed by atoms with Crippen LogP contribution in [-0.2, 0) is 6.61 Å². The standard InChI is InChI=1S/C21H18N6O2/c1-15-4-2-3-5-17(15)13-29-20-7-6-18(12-19(20)27-14-23-25-26-27)24-21(28)16-8-10-22-11-9-16/h2-12,14H,13H2,1H3,(H,24,28). The topological polar surface area (TPSA) is 94.8 Å². The Balaban J connectivity index is 1.59. The van der Waals surface area contributed by atoms with Crippen molar-refractivity contribution in [3.05, 3.63) is 90.0 Å². The summed E-state index contributed by atoms with van der Waals surface area (Å²) in [5, 5.41) is 14.2. The van der Waals surface area contributed by atoms with E-state index in [0.717, 1.165) is 11.1 Å². The molecule has 1 amide bonds. The smallest absolute Gasteiger partial charge is 0.255 e. The number of ether oxygens (including phenoxy) is 1. The van der Waals surface area contributed by atoms with E-state index >= 15 is 0 Å². The number of carbonyl (C=O) groups is 1. The number of benzene rings is 2. The summed E-state index contributed by atoms with van der Waals surface area (Å²) in [5.41, 5.74) is 3.98. The summed E-state index contributed by atoms with van der Waals surface area (Å²) in [7, 11) is 0. The Morgan fingerprint density at radius 2 is 1.93 bits per heavy atom. The molecule has 2 heterocycles. The third kappa shape index (κ3) is 4.27. The number of pyridine rings is 1. The summed E-state index contributed by atoms with van der Waals surface area (Å²) in [4.78, 5) is 16.4. The number of aromatic nitrogens is 5. The van der Waals surface area contributed by atoms with Gasteiger partial charge in [-0.1, -0.05) is 24.3 Å². The van der Waals surface area contributed by atoms with Crippen LogP contribution in [0.25, 0.3) is 5.69 Å². The molecule has 0 fully saturated rings. The van der Waals surface area contributed by atoms with E-state index in [0.29, 0.717) is 29.3 Å². The summed E-state index contributed by atoms with van der Waals surface area (Å²) in [6.45, 7) is 2.45. The van der Waals surface area contributed by atoms with Gasteiger partial charge in [0.25, 0.3) is 5.91 Å². The first-order valence-corrected chi connectivity index (χ1v) is 8.97. The Morgan fingerprint density at radius 3 is 2.69 bits per heavy atom. The van der Waals surface area contributed by atoms with Crippen LogP contribution in [0.2, 0.25) is 0 Å². The molecule has 0 spiro atoms. The summed E-state index contributed by atoms with van der Waals surface area (Å²) in [6, 6.07) is 16.7. The van der Waals surface area contributed by atoms with Crippen molar-refractivity contribution in [2.45, 2.75) is 13.5 Å². The van der Waals surface area contributed by atoms with Gasteiger partial charge in [0.2, 0.25) is 0 Å². The Hall–Kier alpha value is -4.07. The molecule has 29 heavy (non-hydrogen) atoms.